The number of carbonyl (C=O) groups is 1. The summed E-state index contributed by atoms with van der Waals surface area (Å²) in [5.74, 6) is 0.0997. The molecule has 3 aromatic carbocycles. The zero-order chi connectivity index (χ0) is 14.2. The molecule has 0 saturated carbocycles. The van der Waals surface area contributed by atoms with Crippen LogP contribution in [0.25, 0.3) is 0 Å². The van der Waals surface area contributed by atoms with Gasteiger partial charge in [0.2, 0.25) is 0 Å². The second kappa shape index (κ2) is 9.12. The van der Waals surface area contributed by atoms with Gasteiger partial charge in [0.25, 0.3) is 0 Å². The smallest absolute Gasteiger partial charge is 0.112 e. The first-order chi connectivity index (χ1) is 9.81. The van der Waals surface area contributed by atoms with Crippen LogP contribution >= 0.6 is 0 Å². The first kappa shape index (κ1) is 17.2. The number of hydrogen-bond donors (Lipinski definition) is 0. The van der Waals surface area contributed by atoms with Crippen molar-refractivity contribution >= 4 is 5.78 Å². The zero-order valence-electron chi connectivity index (χ0n) is 12.0. The van der Waals surface area contributed by atoms with Gasteiger partial charge in [0.15, 0.2) is 0 Å². The third kappa shape index (κ3) is 5.18. The van der Waals surface area contributed by atoms with Gasteiger partial charge in [-0.05, 0) is 12.0 Å². The fourth-order valence-electron chi connectivity index (χ4n) is 1.90. The van der Waals surface area contributed by atoms with Crippen LogP contribution in [0.4, 0.5) is 0 Å². The minimum atomic E-state index is 0. The van der Waals surface area contributed by atoms with Crippen molar-refractivity contribution in [2.45, 2.75) is 13.3 Å². The average Bonchev–Trinajstić information content (AvgIpc) is 3.21. The Balaban J connectivity index is 0.000000313. The zero-order valence-corrected chi connectivity index (χ0v) is 13.1. The topological polar surface area (TPSA) is 17.1 Å². The number of ketones is 1. The van der Waals surface area contributed by atoms with Crippen LogP contribution in [0.1, 0.15) is 28.4 Å². The van der Waals surface area contributed by atoms with Crippen LogP contribution in [-0.4, -0.2) is 5.78 Å². The van der Waals surface area contributed by atoms with E-state index in [2.05, 4.69) is 6.92 Å². The van der Waals surface area contributed by atoms with E-state index >= 15 is 0 Å². The Labute approximate surface area is 136 Å². The van der Waals surface area contributed by atoms with Crippen LogP contribution in [0.3, 0.4) is 0 Å². The Morgan fingerprint density at radius 1 is 0.952 bits per heavy atom. The average molecular weight is 318 g/mol. The minimum absolute atomic E-state index is 0. The van der Waals surface area contributed by atoms with Gasteiger partial charge in [-0.3, -0.25) is 0 Å². The molecule has 1 nitrogen and oxygen atoms in total. The Bertz CT molecular complexity index is 587. The summed E-state index contributed by atoms with van der Waals surface area (Å²) in [5.41, 5.74) is 2.78. The molecule has 0 spiro atoms. The van der Waals surface area contributed by atoms with Crippen LogP contribution in [-0.2, 0) is 23.5 Å². The second-order valence-corrected chi connectivity index (χ2v) is 4.52. The normalized spacial score (nSPS) is 9.19. The van der Waals surface area contributed by atoms with Gasteiger partial charge in [-0.15, -0.1) is 12.1 Å². The molecule has 0 aliphatic carbocycles. The van der Waals surface area contributed by atoms with E-state index in [4.69, 9.17) is 0 Å². The van der Waals surface area contributed by atoms with Gasteiger partial charge in [-0.25, -0.2) is 0 Å². The molecule has 0 heterocycles. The third-order valence-electron chi connectivity index (χ3n) is 3.10. The van der Waals surface area contributed by atoms with E-state index in [1.165, 1.54) is 5.56 Å². The fourth-order valence-corrected chi connectivity index (χ4v) is 1.90. The van der Waals surface area contributed by atoms with E-state index in [-0.39, 0.29) is 22.9 Å². The van der Waals surface area contributed by atoms with Gasteiger partial charge in [-0.2, -0.15) is 12.1 Å². The molecule has 0 saturated heterocycles. The van der Waals surface area contributed by atoms with E-state index in [1.807, 2.05) is 78.9 Å². The standard InChI is InChI=1S/C14H13O.C5H5.Fe/c1-2-11-7-9-13(10-8-11)14(15)12-5-3-4-6-12;1-2-4-5-3-1;/h3-10H,2H2,1H3;1-5H;/q-1;-5;. The van der Waals surface area contributed by atoms with E-state index in [0.29, 0.717) is 0 Å². The summed E-state index contributed by atoms with van der Waals surface area (Å²) >= 11 is 0. The van der Waals surface area contributed by atoms with E-state index in [0.717, 1.165) is 17.5 Å². The number of aryl methyl sites for hydroxylation is 1. The van der Waals surface area contributed by atoms with Crippen LogP contribution in [0.2, 0.25) is 0 Å². The Hall–Kier alpha value is -1.89. The molecule has 0 aliphatic heterocycles. The molecule has 0 bridgehead atoms. The molecular formula is C19H18FeO-6. The van der Waals surface area contributed by atoms with Gasteiger partial charge in [-0.1, -0.05) is 42.3 Å². The number of benzene rings is 1. The minimum Gasteiger partial charge on any atom is -0.748 e. The maximum absolute atomic E-state index is 11.9. The summed E-state index contributed by atoms with van der Waals surface area (Å²) in [6, 6.07) is 25.3. The molecule has 0 radical (unpaired) electrons. The van der Waals surface area contributed by atoms with Crippen LogP contribution in [0, 0.1) is 0 Å². The summed E-state index contributed by atoms with van der Waals surface area (Å²) in [6.45, 7) is 2.11. The van der Waals surface area contributed by atoms with Crippen molar-refractivity contribution in [3.8, 4) is 0 Å². The summed E-state index contributed by atoms with van der Waals surface area (Å²) in [4.78, 5) is 11.9. The van der Waals surface area contributed by atoms with Crippen LogP contribution in [0.5, 0.6) is 0 Å². The Kier molecular flexibility index (Phi) is 7.45. The molecule has 0 amide bonds. The summed E-state index contributed by atoms with van der Waals surface area (Å²) in [5, 5.41) is 0. The van der Waals surface area contributed by atoms with E-state index < -0.39 is 0 Å². The van der Waals surface area contributed by atoms with Gasteiger partial charge < -0.3 is 35.1 Å². The quantitative estimate of drug-likeness (QED) is 0.392. The maximum atomic E-state index is 11.9. The van der Waals surface area contributed by atoms with Crippen LogP contribution in [0.15, 0.2) is 78.9 Å². The van der Waals surface area contributed by atoms with Crippen molar-refractivity contribution in [1.82, 2.24) is 0 Å². The third-order valence-corrected chi connectivity index (χ3v) is 3.10. The summed E-state index contributed by atoms with van der Waals surface area (Å²) in [7, 11) is 0. The second-order valence-electron chi connectivity index (χ2n) is 4.52. The number of rotatable bonds is 3. The SMILES string of the molecule is CCc1ccc(C(=O)[c-]2cccc2)cc1.[Fe].[cH-]1[cH-][cH-][cH-][cH-]1. The molecule has 3 rings (SSSR count). The van der Waals surface area contributed by atoms with Gasteiger partial charge >= 0.3 is 0 Å². The molecule has 0 unspecified atom stereocenters. The molecule has 3 aromatic rings. The Morgan fingerprint density at radius 3 is 1.86 bits per heavy atom. The maximum Gasteiger partial charge on any atom is 0.112 e. The first-order valence-corrected chi connectivity index (χ1v) is 6.83. The van der Waals surface area contributed by atoms with Crippen molar-refractivity contribution in [3.05, 3.63) is 95.6 Å². The molecule has 114 valence electrons. The van der Waals surface area contributed by atoms with Crippen molar-refractivity contribution in [2.75, 3.05) is 0 Å². The van der Waals surface area contributed by atoms with Crippen molar-refractivity contribution in [1.29, 1.82) is 0 Å². The summed E-state index contributed by atoms with van der Waals surface area (Å²) < 4.78 is 0. The predicted molar refractivity (Wildman–Crippen MR) is 83.3 cm³/mol. The van der Waals surface area contributed by atoms with Crippen molar-refractivity contribution < 1.29 is 21.9 Å². The first-order valence-electron chi connectivity index (χ1n) is 6.83. The van der Waals surface area contributed by atoms with E-state index in [9.17, 15) is 4.79 Å². The molecule has 0 N–H and O–H groups in total. The van der Waals surface area contributed by atoms with Gasteiger partial charge in [0, 0.05) is 17.1 Å². The predicted octanol–water partition coefficient (Wildman–Crippen LogP) is 4.60. The molecule has 0 aromatic heterocycles. The number of hydrogen-bond acceptors (Lipinski definition) is 1. The van der Waals surface area contributed by atoms with E-state index in [1.54, 1.807) is 0 Å². The largest absolute Gasteiger partial charge is 0.748 e. The Morgan fingerprint density at radius 2 is 1.43 bits per heavy atom. The van der Waals surface area contributed by atoms with Gasteiger partial charge in [0.05, 0.1) is 0 Å². The monoisotopic (exact) mass is 318 g/mol. The molecule has 2 heteroatoms. The number of carbonyl (C=O) groups excluding carboxylic acids is 1. The molecule has 0 fully saturated rings. The van der Waals surface area contributed by atoms with Crippen molar-refractivity contribution in [2.24, 2.45) is 0 Å². The fraction of sp³-hybridized carbons (Fsp3) is 0.105. The molecule has 0 aliphatic rings. The molecular weight excluding hydrogens is 300 g/mol. The van der Waals surface area contributed by atoms with Gasteiger partial charge in [0.1, 0.15) is 5.78 Å². The molecule has 0 atom stereocenters. The van der Waals surface area contributed by atoms with Crippen molar-refractivity contribution in [3.63, 3.8) is 0 Å². The molecule has 21 heavy (non-hydrogen) atoms. The summed E-state index contributed by atoms with van der Waals surface area (Å²) in [6.07, 6.45) is 1.00. The van der Waals surface area contributed by atoms with Crippen LogP contribution < -0.4 is 0 Å².